The quantitative estimate of drug-likeness (QED) is 0.885. The average Bonchev–Trinajstić information content (AvgIpc) is 2.37. The number of aromatic nitrogens is 1. The molecule has 0 aliphatic carbocycles. The van der Waals surface area contributed by atoms with Gasteiger partial charge in [-0.3, -0.25) is 4.98 Å². The van der Waals surface area contributed by atoms with Gasteiger partial charge in [0.15, 0.2) is 0 Å². The van der Waals surface area contributed by atoms with Crippen molar-refractivity contribution in [2.24, 2.45) is 0 Å². The van der Waals surface area contributed by atoms with Crippen LogP contribution in [0, 0.1) is 13.8 Å². The van der Waals surface area contributed by atoms with E-state index in [-0.39, 0.29) is 0 Å². The van der Waals surface area contributed by atoms with Crippen LogP contribution in [0.4, 0.5) is 5.69 Å². The number of benzene rings is 1. The maximum absolute atomic E-state index is 5.37. The summed E-state index contributed by atoms with van der Waals surface area (Å²) < 4.78 is 5.37. The first-order chi connectivity index (χ1) is 9.17. The molecule has 19 heavy (non-hydrogen) atoms. The van der Waals surface area contributed by atoms with Crippen molar-refractivity contribution in [3.8, 4) is 5.75 Å². The Morgan fingerprint density at radius 3 is 2.42 bits per heavy atom. The molecule has 2 aromatic rings. The Morgan fingerprint density at radius 2 is 1.84 bits per heavy atom. The molecule has 2 rings (SSSR count). The summed E-state index contributed by atoms with van der Waals surface area (Å²) >= 11 is 0. The van der Waals surface area contributed by atoms with Crippen LogP contribution < -0.4 is 10.1 Å². The van der Waals surface area contributed by atoms with Crippen molar-refractivity contribution in [3.05, 3.63) is 53.3 Å². The molecule has 1 aromatic carbocycles. The number of ether oxygens (including phenoxy) is 1. The molecule has 0 aliphatic rings. The van der Waals surface area contributed by atoms with Crippen LogP contribution in [0.5, 0.6) is 5.75 Å². The van der Waals surface area contributed by atoms with Crippen molar-refractivity contribution in [2.45, 2.75) is 27.3 Å². The lowest BCUT2D eigenvalue weighted by Crippen LogP contribution is -2.02. The zero-order valence-corrected chi connectivity index (χ0v) is 11.7. The van der Waals surface area contributed by atoms with Gasteiger partial charge in [-0.05, 0) is 56.2 Å². The van der Waals surface area contributed by atoms with Gasteiger partial charge < -0.3 is 10.1 Å². The third-order valence-electron chi connectivity index (χ3n) is 2.80. The van der Waals surface area contributed by atoms with Crippen molar-refractivity contribution in [3.63, 3.8) is 0 Å². The fraction of sp³-hybridized carbons (Fsp3) is 0.312. The second-order valence-electron chi connectivity index (χ2n) is 4.65. The van der Waals surface area contributed by atoms with E-state index in [2.05, 4.69) is 42.3 Å². The molecule has 0 amide bonds. The van der Waals surface area contributed by atoms with Crippen molar-refractivity contribution in [1.82, 2.24) is 4.98 Å². The van der Waals surface area contributed by atoms with E-state index in [9.17, 15) is 0 Å². The smallest absolute Gasteiger partial charge is 0.137 e. The van der Waals surface area contributed by atoms with Crippen LogP contribution in [-0.2, 0) is 6.54 Å². The second kappa shape index (κ2) is 6.23. The molecule has 0 saturated carbocycles. The van der Waals surface area contributed by atoms with E-state index in [1.807, 2.05) is 19.1 Å². The predicted molar refractivity (Wildman–Crippen MR) is 78.6 cm³/mol. The highest BCUT2D eigenvalue weighted by Gasteiger charge is 1.99. The van der Waals surface area contributed by atoms with Crippen molar-refractivity contribution >= 4 is 5.69 Å². The molecule has 1 heterocycles. The summed E-state index contributed by atoms with van der Waals surface area (Å²) in [6, 6.07) is 10.4. The van der Waals surface area contributed by atoms with Gasteiger partial charge in [0.2, 0.25) is 0 Å². The maximum Gasteiger partial charge on any atom is 0.137 e. The minimum absolute atomic E-state index is 0.668. The molecule has 0 unspecified atom stereocenters. The standard InChI is InChI=1S/C16H20N2O/c1-4-19-16-6-5-14(18-11-16)10-17-15-8-12(2)7-13(3)9-15/h5-9,11,17H,4,10H2,1-3H3. The zero-order chi connectivity index (χ0) is 13.7. The zero-order valence-electron chi connectivity index (χ0n) is 11.7. The van der Waals surface area contributed by atoms with Gasteiger partial charge in [0.25, 0.3) is 0 Å². The average molecular weight is 256 g/mol. The first-order valence-corrected chi connectivity index (χ1v) is 6.57. The fourth-order valence-electron chi connectivity index (χ4n) is 2.04. The van der Waals surface area contributed by atoms with Gasteiger partial charge in [-0.1, -0.05) is 6.07 Å². The molecule has 0 spiro atoms. The van der Waals surface area contributed by atoms with E-state index in [1.165, 1.54) is 11.1 Å². The van der Waals surface area contributed by atoms with Crippen molar-refractivity contribution < 1.29 is 4.74 Å². The number of pyridine rings is 1. The number of anilines is 1. The maximum atomic E-state index is 5.37. The van der Waals surface area contributed by atoms with E-state index < -0.39 is 0 Å². The van der Waals surface area contributed by atoms with Gasteiger partial charge in [-0.15, -0.1) is 0 Å². The van der Waals surface area contributed by atoms with Crippen molar-refractivity contribution in [1.29, 1.82) is 0 Å². The van der Waals surface area contributed by atoms with Crippen LogP contribution >= 0.6 is 0 Å². The summed E-state index contributed by atoms with van der Waals surface area (Å²) in [6.45, 7) is 7.56. The lowest BCUT2D eigenvalue weighted by Gasteiger charge is -2.09. The fourth-order valence-corrected chi connectivity index (χ4v) is 2.04. The van der Waals surface area contributed by atoms with E-state index in [4.69, 9.17) is 4.74 Å². The number of aryl methyl sites for hydroxylation is 2. The normalized spacial score (nSPS) is 10.3. The predicted octanol–water partition coefficient (Wildman–Crippen LogP) is 3.71. The topological polar surface area (TPSA) is 34.1 Å². The van der Waals surface area contributed by atoms with E-state index in [0.717, 1.165) is 23.7 Å². The van der Waals surface area contributed by atoms with Crippen LogP contribution in [0.3, 0.4) is 0 Å². The Labute approximate surface area is 114 Å². The summed E-state index contributed by atoms with van der Waals surface area (Å²) in [5.41, 5.74) is 4.67. The Hall–Kier alpha value is -2.03. The highest BCUT2D eigenvalue weighted by Crippen LogP contribution is 2.15. The first kappa shape index (κ1) is 13.4. The molecule has 0 aliphatic heterocycles. The Kier molecular flexibility index (Phi) is 4.39. The Bertz CT molecular complexity index is 515. The number of nitrogens with one attached hydrogen (secondary N) is 1. The molecular formula is C16H20N2O. The highest BCUT2D eigenvalue weighted by molar-refractivity contribution is 5.48. The summed E-state index contributed by atoms with van der Waals surface area (Å²) in [5.74, 6) is 0.817. The van der Waals surface area contributed by atoms with Gasteiger partial charge in [-0.25, -0.2) is 0 Å². The van der Waals surface area contributed by atoms with Crippen LogP contribution in [0.2, 0.25) is 0 Å². The van der Waals surface area contributed by atoms with Gasteiger partial charge in [0.05, 0.1) is 25.0 Å². The van der Waals surface area contributed by atoms with Crippen LogP contribution in [0.1, 0.15) is 23.7 Å². The molecule has 100 valence electrons. The summed E-state index contributed by atoms with van der Waals surface area (Å²) in [5, 5.41) is 3.39. The summed E-state index contributed by atoms with van der Waals surface area (Å²) in [7, 11) is 0. The third-order valence-corrected chi connectivity index (χ3v) is 2.80. The minimum Gasteiger partial charge on any atom is -0.492 e. The summed E-state index contributed by atoms with van der Waals surface area (Å²) in [6.07, 6.45) is 1.77. The van der Waals surface area contributed by atoms with Gasteiger partial charge >= 0.3 is 0 Å². The number of hydrogen-bond donors (Lipinski definition) is 1. The van der Waals surface area contributed by atoms with Crippen LogP contribution in [0.15, 0.2) is 36.5 Å². The molecule has 1 aromatic heterocycles. The molecule has 0 atom stereocenters. The number of rotatable bonds is 5. The molecule has 1 N–H and O–H groups in total. The lowest BCUT2D eigenvalue weighted by atomic mass is 10.1. The van der Waals surface area contributed by atoms with E-state index in [0.29, 0.717) is 6.61 Å². The second-order valence-corrected chi connectivity index (χ2v) is 4.65. The summed E-state index contributed by atoms with van der Waals surface area (Å²) in [4.78, 5) is 4.37. The minimum atomic E-state index is 0.668. The van der Waals surface area contributed by atoms with Crippen LogP contribution in [-0.4, -0.2) is 11.6 Å². The molecule has 3 nitrogen and oxygen atoms in total. The largest absolute Gasteiger partial charge is 0.492 e. The molecule has 3 heteroatoms. The molecular weight excluding hydrogens is 236 g/mol. The van der Waals surface area contributed by atoms with Gasteiger partial charge in [0, 0.05) is 5.69 Å². The SMILES string of the molecule is CCOc1ccc(CNc2cc(C)cc(C)c2)nc1. The van der Waals surface area contributed by atoms with Gasteiger partial charge in [0.1, 0.15) is 5.75 Å². The lowest BCUT2D eigenvalue weighted by molar-refractivity contribution is 0.338. The monoisotopic (exact) mass is 256 g/mol. The van der Waals surface area contributed by atoms with Gasteiger partial charge in [-0.2, -0.15) is 0 Å². The Morgan fingerprint density at radius 1 is 1.11 bits per heavy atom. The van der Waals surface area contributed by atoms with E-state index in [1.54, 1.807) is 6.20 Å². The highest BCUT2D eigenvalue weighted by atomic mass is 16.5. The first-order valence-electron chi connectivity index (χ1n) is 6.57. The van der Waals surface area contributed by atoms with E-state index >= 15 is 0 Å². The molecule has 0 fully saturated rings. The number of nitrogens with zero attached hydrogens (tertiary/aromatic N) is 1. The van der Waals surface area contributed by atoms with Crippen LogP contribution in [0.25, 0.3) is 0 Å². The Balaban J connectivity index is 1.98. The molecule has 0 radical (unpaired) electrons. The molecule has 0 bridgehead atoms. The third kappa shape index (κ3) is 3.98. The molecule has 0 saturated heterocycles. The van der Waals surface area contributed by atoms with Crippen molar-refractivity contribution in [2.75, 3.05) is 11.9 Å². The number of hydrogen-bond acceptors (Lipinski definition) is 3.